The largest absolute Gasteiger partial charge is 0.494 e. The van der Waals surface area contributed by atoms with Gasteiger partial charge in [-0.2, -0.15) is 0 Å². The van der Waals surface area contributed by atoms with E-state index >= 15 is 0 Å². The number of para-hydroxylation sites is 1. The molecule has 1 atom stereocenters. The number of fused-ring (bicyclic) bond motifs is 2. The van der Waals surface area contributed by atoms with Crippen molar-refractivity contribution in [3.63, 3.8) is 0 Å². The van der Waals surface area contributed by atoms with Gasteiger partial charge >= 0.3 is 0 Å². The van der Waals surface area contributed by atoms with Gasteiger partial charge in [-0.15, -0.1) is 0 Å². The number of carbonyl (C=O) groups excluding carboxylic acids is 1. The summed E-state index contributed by atoms with van der Waals surface area (Å²) in [4.78, 5) is 26.8. The van der Waals surface area contributed by atoms with Crippen LogP contribution in [0.25, 0.3) is 16.6 Å². The van der Waals surface area contributed by atoms with Crippen LogP contribution in [-0.2, 0) is 13.1 Å². The zero-order valence-electron chi connectivity index (χ0n) is 22.9. The Labute approximate surface area is 235 Å². The molecule has 40 heavy (non-hydrogen) atoms. The molecular weight excluding hydrogens is 498 g/mol. The van der Waals surface area contributed by atoms with Crippen molar-refractivity contribution in [3.8, 4) is 5.75 Å². The number of likely N-dealkylation sites (tertiary alicyclic amines) is 1. The molecule has 4 heterocycles. The highest BCUT2D eigenvalue weighted by Crippen LogP contribution is 2.24. The fraction of sp³-hybridized carbons (Fsp3) is 0.303. The Morgan fingerprint density at radius 1 is 1.02 bits per heavy atom. The number of nitrogens with zero attached hydrogens (tertiary/aromatic N) is 5. The highest BCUT2D eigenvalue weighted by atomic mass is 16.5. The summed E-state index contributed by atoms with van der Waals surface area (Å²) >= 11 is 0. The average Bonchev–Trinajstić information content (AvgIpc) is 3.42. The number of amides is 1. The van der Waals surface area contributed by atoms with E-state index in [1.165, 1.54) is 16.5 Å². The second kappa shape index (κ2) is 11.9. The zero-order chi connectivity index (χ0) is 27.3. The number of piperidine rings is 1. The van der Waals surface area contributed by atoms with E-state index in [-0.39, 0.29) is 11.9 Å². The quantitative estimate of drug-likeness (QED) is 0.233. The van der Waals surface area contributed by atoms with Gasteiger partial charge in [0.15, 0.2) is 0 Å². The number of hydrogen-bond acceptors (Lipinski definition) is 5. The van der Waals surface area contributed by atoms with Gasteiger partial charge in [0.25, 0.3) is 5.91 Å². The average molecular weight is 534 g/mol. The predicted molar refractivity (Wildman–Crippen MR) is 157 cm³/mol. The van der Waals surface area contributed by atoms with Crippen molar-refractivity contribution in [2.24, 2.45) is 0 Å². The van der Waals surface area contributed by atoms with Gasteiger partial charge in [-0.3, -0.25) is 14.7 Å². The number of imidazole rings is 1. The number of pyridine rings is 2. The van der Waals surface area contributed by atoms with Crippen LogP contribution < -0.4 is 4.74 Å². The Kier molecular flexibility index (Phi) is 7.73. The molecule has 0 aliphatic carbocycles. The van der Waals surface area contributed by atoms with Crippen LogP contribution in [0.5, 0.6) is 5.75 Å². The van der Waals surface area contributed by atoms with E-state index in [4.69, 9.17) is 4.74 Å². The van der Waals surface area contributed by atoms with E-state index in [0.29, 0.717) is 12.3 Å². The summed E-state index contributed by atoms with van der Waals surface area (Å²) in [5, 5.41) is 1.17. The van der Waals surface area contributed by atoms with Crippen molar-refractivity contribution < 1.29 is 9.53 Å². The zero-order valence-corrected chi connectivity index (χ0v) is 22.9. The van der Waals surface area contributed by atoms with Crippen LogP contribution in [0.4, 0.5) is 0 Å². The van der Waals surface area contributed by atoms with E-state index in [9.17, 15) is 4.79 Å². The van der Waals surface area contributed by atoms with E-state index in [0.717, 1.165) is 62.2 Å². The normalized spacial score (nSPS) is 15.7. The van der Waals surface area contributed by atoms with Crippen molar-refractivity contribution in [2.45, 2.75) is 44.8 Å². The molecule has 7 heteroatoms. The van der Waals surface area contributed by atoms with Crippen molar-refractivity contribution in [1.29, 1.82) is 0 Å². The molecule has 1 amide bonds. The molecule has 6 rings (SSSR count). The molecule has 204 valence electrons. The third-order valence-corrected chi connectivity index (χ3v) is 7.70. The lowest BCUT2D eigenvalue weighted by Crippen LogP contribution is -2.44. The Morgan fingerprint density at radius 2 is 1.93 bits per heavy atom. The molecule has 0 saturated carbocycles. The summed E-state index contributed by atoms with van der Waals surface area (Å²) in [5.41, 5.74) is 4.79. The van der Waals surface area contributed by atoms with Gasteiger partial charge in [-0.25, -0.2) is 4.98 Å². The van der Waals surface area contributed by atoms with Crippen molar-refractivity contribution >= 4 is 22.5 Å². The molecule has 1 aliphatic heterocycles. The van der Waals surface area contributed by atoms with Crippen LogP contribution in [0.15, 0.2) is 91.4 Å². The van der Waals surface area contributed by atoms with E-state index < -0.39 is 0 Å². The fourth-order valence-corrected chi connectivity index (χ4v) is 5.75. The van der Waals surface area contributed by atoms with E-state index in [2.05, 4.69) is 64.4 Å². The second-order valence-electron chi connectivity index (χ2n) is 10.7. The maximum absolute atomic E-state index is 13.4. The molecule has 0 bridgehead atoms. The first kappa shape index (κ1) is 26.0. The summed E-state index contributed by atoms with van der Waals surface area (Å²) in [6, 6.07) is 24.7. The Morgan fingerprint density at radius 3 is 2.85 bits per heavy atom. The molecule has 1 aliphatic rings. The van der Waals surface area contributed by atoms with Crippen molar-refractivity contribution in [3.05, 3.63) is 108 Å². The number of carbonyl (C=O) groups is 1. The van der Waals surface area contributed by atoms with E-state index in [1.54, 1.807) is 0 Å². The smallest absolute Gasteiger partial charge is 0.274 e. The lowest BCUT2D eigenvalue weighted by atomic mass is 9.99. The molecule has 1 fully saturated rings. The number of aromatic nitrogens is 3. The number of hydrogen-bond donors (Lipinski definition) is 0. The molecule has 1 saturated heterocycles. The minimum atomic E-state index is 0.0137. The SMILES string of the molecule is CN(Cc1cccc(OCC[C@H]2CCCCN2C(=O)c2cn3ccccc3n2)c1)Cc1cccc2cccnc12. The first-order valence-electron chi connectivity index (χ1n) is 14.1. The minimum Gasteiger partial charge on any atom is -0.494 e. The van der Waals surface area contributed by atoms with E-state index in [1.807, 2.05) is 58.2 Å². The van der Waals surface area contributed by atoms with Crippen LogP contribution in [-0.4, -0.2) is 56.3 Å². The Bertz CT molecular complexity index is 1570. The summed E-state index contributed by atoms with van der Waals surface area (Å²) in [5.74, 6) is 0.881. The predicted octanol–water partition coefficient (Wildman–Crippen LogP) is 5.98. The van der Waals surface area contributed by atoms with Crippen LogP contribution in [0, 0.1) is 0 Å². The molecule has 0 radical (unpaired) electrons. The van der Waals surface area contributed by atoms with Crippen molar-refractivity contribution in [1.82, 2.24) is 24.2 Å². The standard InChI is InChI=1S/C33H35N5O2/c1-36(23-27-11-7-10-26-12-8-17-34-32(26)27)22-25-9-6-14-29(21-25)40-20-16-28-13-2-5-19-38(28)33(39)30-24-37-18-4-3-15-31(37)35-30/h3-4,6-12,14-15,17-18,21,24,28H,2,5,13,16,19-20,22-23H2,1H3/t28-/m1/s1. The first-order valence-corrected chi connectivity index (χ1v) is 14.1. The van der Waals surface area contributed by atoms with Gasteiger partial charge in [0.2, 0.25) is 0 Å². The van der Waals surface area contributed by atoms with Crippen LogP contribution >= 0.6 is 0 Å². The molecule has 0 spiro atoms. The highest BCUT2D eigenvalue weighted by molar-refractivity contribution is 5.93. The molecule has 7 nitrogen and oxygen atoms in total. The van der Waals surface area contributed by atoms with Crippen molar-refractivity contribution in [2.75, 3.05) is 20.2 Å². The highest BCUT2D eigenvalue weighted by Gasteiger charge is 2.28. The fourth-order valence-electron chi connectivity index (χ4n) is 5.75. The van der Waals surface area contributed by atoms with Crippen LogP contribution in [0.1, 0.15) is 47.3 Å². The summed E-state index contributed by atoms with van der Waals surface area (Å²) < 4.78 is 8.10. The van der Waals surface area contributed by atoms with Crippen LogP contribution in [0.2, 0.25) is 0 Å². The second-order valence-corrected chi connectivity index (χ2v) is 10.7. The van der Waals surface area contributed by atoms with Crippen LogP contribution in [0.3, 0.4) is 0 Å². The molecule has 5 aromatic rings. The van der Waals surface area contributed by atoms with Gasteiger partial charge in [0.05, 0.1) is 12.1 Å². The Balaban J connectivity index is 1.05. The first-order chi connectivity index (χ1) is 19.6. The third-order valence-electron chi connectivity index (χ3n) is 7.70. The Hall–Kier alpha value is -4.23. The van der Waals surface area contributed by atoms with Gasteiger partial charge in [-0.1, -0.05) is 42.5 Å². The molecular formula is C33H35N5O2. The topological polar surface area (TPSA) is 63.0 Å². The maximum Gasteiger partial charge on any atom is 0.274 e. The lowest BCUT2D eigenvalue weighted by molar-refractivity contribution is 0.0575. The number of benzene rings is 2. The summed E-state index contributed by atoms with van der Waals surface area (Å²) in [7, 11) is 2.13. The molecule has 2 aromatic carbocycles. The van der Waals surface area contributed by atoms with Gasteiger partial charge in [0.1, 0.15) is 17.1 Å². The molecule has 0 N–H and O–H groups in total. The number of ether oxygens (including phenoxy) is 1. The minimum absolute atomic E-state index is 0.0137. The maximum atomic E-state index is 13.4. The summed E-state index contributed by atoms with van der Waals surface area (Å²) in [6.45, 7) is 2.97. The third kappa shape index (κ3) is 5.84. The lowest BCUT2D eigenvalue weighted by Gasteiger charge is -2.35. The monoisotopic (exact) mass is 533 g/mol. The van der Waals surface area contributed by atoms with Gasteiger partial charge in [-0.05, 0) is 67.8 Å². The number of rotatable bonds is 9. The van der Waals surface area contributed by atoms with Gasteiger partial charge in [0, 0.05) is 56.1 Å². The molecule has 0 unspecified atom stereocenters. The molecule has 3 aromatic heterocycles. The summed E-state index contributed by atoms with van der Waals surface area (Å²) in [6.07, 6.45) is 9.57. The van der Waals surface area contributed by atoms with Gasteiger partial charge < -0.3 is 14.0 Å².